The third-order valence-corrected chi connectivity index (χ3v) is 3.00. The van der Waals surface area contributed by atoms with E-state index >= 15 is 0 Å². The molecule has 3 aromatic rings. The molecule has 6 heteroatoms. The van der Waals surface area contributed by atoms with Crippen LogP contribution in [0.15, 0.2) is 49.1 Å². The average molecular weight is 267 g/mol. The Balaban J connectivity index is 1.75. The molecule has 20 heavy (non-hydrogen) atoms. The van der Waals surface area contributed by atoms with Crippen LogP contribution in [-0.2, 0) is 6.54 Å². The average Bonchev–Trinajstić information content (AvgIpc) is 2.90. The fraction of sp³-hybridized carbons (Fsp3) is 0.0714. The van der Waals surface area contributed by atoms with Gasteiger partial charge in [-0.05, 0) is 17.7 Å². The number of fused-ring (bicyclic) bond motifs is 1. The maximum absolute atomic E-state index is 12.1. The molecular weight excluding hydrogens is 254 g/mol. The van der Waals surface area contributed by atoms with Crippen molar-refractivity contribution >= 4 is 17.1 Å². The van der Waals surface area contributed by atoms with Crippen LogP contribution in [0.25, 0.3) is 5.52 Å². The number of carbonyl (C=O) groups excluding carboxylic acids is 1. The first-order valence-electron chi connectivity index (χ1n) is 6.14. The van der Waals surface area contributed by atoms with Crippen LogP contribution in [0.1, 0.15) is 15.9 Å². The van der Waals surface area contributed by atoms with Gasteiger partial charge in [-0.25, -0.2) is 4.52 Å². The molecule has 0 aliphatic rings. The predicted molar refractivity (Wildman–Crippen MR) is 75.0 cm³/mol. The first-order chi connectivity index (χ1) is 9.74. The van der Waals surface area contributed by atoms with Crippen molar-refractivity contribution in [3.63, 3.8) is 0 Å². The summed E-state index contributed by atoms with van der Waals surface area (Å²) in [6, 6.07) is 7.38. The molecule has 0 radical (unpaired) electrons. The summed E-state index contributed by atoms with van der Waals surface area (Å²) in [5.41, 5.74) is 8.50. The first kappa shape index (κ1) is 12.2. The third kappa shape index (κ3) is 2.31. The van der Waals surface area contributed by atoms with E-state index < -0.39 is 0 Å². The summed E-state index contributed by atoms with van der Waals surface area (Å²) < 4.78 is 1.62. The van der Waals surface area contributed by atoms with Gasteiger partial charge in [0.15, 0.2) is 0 Å². The molecule has 100 valence electrons. The zero-order chi connectivity index (χ0) is 13.9. The summed E-state index contributed by atoms with van der Waals surface area (Å²) in [7, 11) is 0. The van der Waals surface area contributed by atoms with Gasteiger partial charge in [-0.15, -0.1) is 0 Å². The number of amides is 1. The lowest BCUT2D eigenvalue weighted by Gasteiger charge is -2.04. The largest absolute Gasteiger partial charge is 0.399 e. The van der Waals surface area contributed by atoms with Crippen molar-refractivity contribution in [1.29, 1.82) is 0 Å². The Labute approximate surface area is 115 Å². The molecule has 0 fully saturated rings. The smallest absolute Gasteiger partial charge is 0.255 e. The van der Waals surface area contributed by atoms with Gasteiger partial charge in [0.05, 0.1) is 23.5 Å². The number of benzene rings is 1. The normalized spacial score (nSPS) is 10.6. The molecule has 0 unspecified atom stereocenters. The van der Waals surface area contributed by atoms with E-state index in [9.17, 15) is 4.79 Å². The zero-order valence-corrected chi connectivity index (χ0v) is 10.7. The van der Waals surface area contributed by atoms with E-state index in [-0.39, 0.29) is 5.91 Å². The number of anilines is 1. The molecule has 0 saturated carbocycles. The van der Waals surface area contributed by atoms with Crippen molar-refractivity contribution in [2.45, 2.75) is 6.54 Å². The summed E-state index contributed by atoms with van der Waals surface area (Å²) in [6.45, 7) is 0.441. The van der Waals surface area contributed by atoms with Crippen LogP contribution in [0.5, 0.6) is 0 Å². The zero-order valence-electron chi connectivity index (χ0n) is 10.7. The number of hydrogen-bond donors (Lipinski definition) is 2. The molecule has 0 aliphatic carbocycles. The van der Waals surface area contributed by atoms with Gasteiger partial charge in [-0.3, -0.25) is 9.78 Å². The standard InChI is InChI=1S/C14H13N5O/c15-11-3-1-10(2-4-11)7-17-14(20)12-8-18-19-6-5-16-9-13(12)19/h1-6,8-9H,7,15H2,(H,17,20). The van der Waals surface area contributed by atoms with E-state index in [0.29, 0.717) is 23.3 Å². The quantitative estimate of drug-likeness (QED) is 0.699. The van der Waals surface area contributed by atoms with Gasteiger partial charge in [0, 0.05) is 24.6 Å². The van der Waals surface area contributed by atoms with Crippen molar-refractivity contribution in [3.8, 4) is 0 Å². The number of nitrogen functional groups attached to an aromatic ring is 1. The fourth-order valence-electron chi connectivity index (χ4n) is 1.92. The molecule has 1 amide bonds. The number of aromatic nitrogens is 3. The Bertz CT molecular complexity index is 748. The van der Waals surface area contributed by atoms with Crippen molar-refractivity contribution < 1.29 is 4.79 Å². The van der Waals surface area contributed by atoms with E-state index in [1.165, 1.54) is 6.20 Å². The number of rotatable bonds is 3. The van der Waals surface area contributed by atoms with E-state index in [2.05, 4.69) is 15.4 Å². The van der Waals surface area contributed by atoms with Gasteiger partial charge in [-0.2, -0.15) is 5.10 Å². The van der Waals surface area contributed by atoms with Crippen molar-refractivity contribution in [2.24, 2.45) is 0 Å². The topological polar surface area (TPSA) is 85.3 Å². The molecule has 0 atom stereocenters. The number of hydrogen-bond acceptors (Lipinski definition) is 4. The van der Waals surface area contributed by atoms with Gasteiger partial charge >= 0.3 is 0 Å². The van der Waals surface area contributed by atoms with E-state index in [1.807, 2.05) is 12.1 Å². The maximum Gasteiger partial charge on any atom is 0.255 e. The predicted octanol–water partition coefficient (Wildman–Crippen LogP) is 1.24. The molecule has 2 heterocycles. The van der Waals surface area contributed by atoms with Crippen LogP contribution >= 0.6 is 0 Å². The highest BCUT2D eigenvalue weighted by molar-refractivity contribution is 6.00. The fourth-order valence-corrected chi connectivity index (χ4v) is 1.92. The molecular formula is C14H13N5O. The third-order valence-electron chi connectivity index (χ3n) is 3.00. The Kier molecular flexibility index (Phi) is 3.04. The van der Waals surface area contributed by atoms with Crippen LogP contribution in [-0.4, -0.2) is 20.5 Å². The molecule has 0 saturated heterocycles. The highest BCUT2D eigenvalue weighted by Crippen LogP contribution is 2.09. The summed E-state index contributed by atoms with van der Waals surface area (Å²) in [5.74, 6) is -0.176. The highest BCUT2D eigenvalue weighted by atomic mass is 16.1. The monoisotopic (exact) mass is 267 g/mol. The molecule has 6 nitrogen and oxygen atoms in total. The van der Waals surface area contributed by atoms with Crippen LogP contribution in [0, 0.1) is 0 Å². The molecule has 0 aliphatic heterocycles. The second kappa shape index (κ2) is 5.00. The maximum atomic E-state index is 12.1. The second-order valence-corrected chi connectivity index (χ2v) is 4.39. The Morgan fingerprint density at radius 3 is 2.85 bits per heavy atom. The molecule has 2 aromatic heterocycles. The van der Waals surface area contributed by atoms with Crippen LogP contribution in [0.2, 0.25) is 0 Å². The molecule has 1 aromatic carbocycles. The second-order valence-electron chi connectivity index (χ2n) is 4.39. The number of nitrogens with two attached hydrogens (primary N) is 1. The van der Waals surface area contributed by atoms with Crippen LogP contribution in [0.3, 0.4) is 0 Å². The van der Waals surface area contributed by atoms with Gasteiger partial charge in [0.2, 0.25) is 0 Å². The molecule has 3 rings (SSSR count). The lowest BCUT2D eigenvalue weighted by molar-refractivity contribution is 0.0952. The Morgan fingerprint density at radius 1 is 1.25 bits per heavy atom. The van der Waals surface area contributed by atoms with Gasteiger partial charge in [-0.1, -0.05) is 12.1 Å². The summed E-state index contributed by atoms with van der Waals surface area (Å²) in [5, 5.41) is 6.96. The summed E-state index contributed by atoms with van der Waals surface area (Å²) >= 11 is 0. The van der Waals surface area contributed by atoms with Crippen molar-refractivity contribution in [1.82, 2.24) is 19.9 Å². The highest BCUT2D eigenvalue weighted by Gasteiger charge is 2.12. The first-order valence-corrected chi connectivity index (χ1v) is 6.14. The van der Waals surface area contributed by atoms with Crippen molar-refractivity contribution in [3.05, 3.63) is 60.2 Å². The van der Waals surface area contributed by atoms with Gasteiger partial charge in [0.1, 0.15) is 0 Å². The summed E-state index contributed by atoms with van der Waals surface area (Å²) in [6.07, 6.45) is 6.47. The van der Waals surface area contributed by atoms with E-state index in [4.69, 9.17) is 5.73 Å². The number of nitrogens with one attached hydrogen (secondary N) is 1. The molecule has 0 spiro atoms. The minimum absolute atomic E-state index is 0.176. The molecule has 3 N–H and O–H groups in total. The summed E-state index contributed by atoms with van der Waals surface area (Å²) in [4.78, 5) is 16.1. The molecule has 0 bridgehead atoms. The van der Waals surface area contributed by atoms with Gasteiger partial charge < -0.3 is 11.1 Å². The number of carbonyl (C=O) groups is 1. The van der Waals surface area contributed by atoms with Crippen LogP contribution < -0.4 is 11.1 Å². The Morgan fingerprint density at radius 2 is 2.05 bits per heavy atom. The van der Waals surface area contributed by atoms with Gasteiger partial charge in [0.25, 0.3) is 5.91 Å². The minimum atomic E-state index is -0.176. The lowest BCUT2D eigenvalue weighted by atomic mass is 10.2. The number of nitrogens with zero attached hydrogens (tertiary/aromatic N) is 3. The lowest BCUT2D eigenvalue weighted by Crippen LogP contribution is -2.22. The Hall–Kier alpha value is -2.89. The SMILES string of the molecule is Nc1ccc(CNC(=O)c2cnn3ccncc23)cc1. The minimum Gasteiger partial charge on any atom is -0.399 e. The van der Waals surface area contributed by atoms with Crippen LogP contribution in [0.4, 0.5) is 5.69 Å². The van der Waals surface area contributed by atoms with E-state index in [1.54, 1.807) is 35.2 Å². The van der Waals surface area contributed by atoms with E-state index in [0.717, 1.165) is 5.56 Å². The van der Waals surface area contributed by atoms with Crippen molar-refractivity contribution in [2.75, 3.05) is 5.73 Å².